The van der Waals surface area contributed by atoms with Crippen LogP contribution in [0, 0.1) is 17.8 Å². The highest BCUT2D eigenvalue weighted by Crippen LogP contribution is 1.94. The van der Waals surface area contributed by atoms with E-state index in [0.717, 1.165) is 26.1 Å². The highest BCUT2D eigenvalue weighted by atomic mass is 15.2. The van der Waals surface area contributed by atoms with Crippen LogP contribution in [0.15, 0.2) is 0 Å². The van der Waals surface area contributed by atoms with Gasteiger partial charge in [-0.1, -0.05) is 27.7 Å². The second kappa shape index (κ2) is 10.0. The Morgan fingerprint density at radius 3 is 2.33 bits per heavy atom. The molecule has 1 aliphatic heterocycles. The van der Waals surface area contributed by atoms with Crippen LogP contribution in [0.1, 0.15) is 34.1 Å². The van der Waals surface area contributed by atoms with Gasteiger partial charge in [-0.05, 0) is 0 Å². The molecule has 15 heavy (non-hydrogen) atoms. The molecule has 1 saturated heterocycles. The van der Waals surface area contributed by atoms with E-state index in [1.165, 1.54) is 13.1 Å². The molecule has 2 nitrogen and oxygen atoms in total. The topological polar surface area (TPSA) is 15.3 Å². The Bertz CT molecular complexity index is 182. The van der Waals surface area contributed by atoms with Gasteiger partial charge < -0.3 is 5.32 Å². The lowest BCUT2D eigenvalue weighted by atomic mass is 10.2. The molecule has 2 heteroatoms. The molecule has 0 aromatic rings. The summed E-state index contributed by atoms with van der Waals surface area (Å²) in [6.45, 7) is 14.1. The molecule has 0 spiro atoms. The lowest BCUT2D eigenvalue weighted by Crippen LogP contribution is -2.43. The molecule has 0 radical (unpaired) electrons. The Hall–Kier alpha value is -0.520. The molecule has 1 fully saturated rings. The van der Waals surface area contributed by atoms with Crippen LogP contribution in [-0.4, -0.2) is 37.6 Å². The summed E-state index contributed by atoms with van der Waals surface area (Å²) in [4.78, 5) is 2.48. The van der Waals surface area contributed by atoms with Gasteiger partial charge in [-0.3, -0.25) is 4.90 Å². The molecule has 0 aliphatic carbocycles. The van der Waals surface area contributed by atoms with E-state index in [4.69, 9.17) is 0 Å². The first-order valence-corrected chi connectivity index (χ1v) is 6.20. The van der Waals surface area contributed by atoms with Gasteiger partial charge >= 0.3 is 0 Å². The van der Waals surface area contributed by atoms with Crippen LogP contribution in [0.5, 0.6) is 0 Å². The van der Waals surface area contributed by atoms with Crippen LogP contribution in [0.3, 0.4) is 0 Å². The van der Waals surface area contributed by atoms with Crippen LogP contribution in [0.4, 0.5) is 0 Å². The van der Waals surface area contributed by atoms with Gasteiger partial charge in [-0.2, -0.15) is 0 Å². The fourth-order valence-electron chi connectivity index (χ4n) is 1.43. The van der Waals surface area contributed by atoms with Gasteiger partial charge in [0, 0.05) is 45.1 Å². The zero-order valence-corrected chi connectivity index (χ0v) is 10.8. The molecular formula is C13H26N2. The molecule has 0 aromatic carbocycles. The molecule has 88 valence electrons. The summed E-state index contributed by atoms with van der Waals surface area (Å²) < 4.78 is 0. The molecule has 0 saturated carbocycles. The minimum Gasteiger partial charge on any atom is -0.314 e. The monoisotopic (exact) mass is 210 g/mol. The lowest BCUT2D eigenvalue weighted by molar-refractivity contribution is 0.246. The largest absolute Gasteiger partial charge is 0.314 e. The minimum atomic E-state index is 0.517. The van der Waals surface area contributed by atoms with Crippen molar-refractivity contribution in [3.8, 4) is 11.8 Å². The standard InChI is InChI=1S/C11H20N2.C2H6/c1-11(2)5-3-4-8-13-9-6-12-7-10-13;1-2/h11-12H,4,6-10H2,1-2H3;1-2H3. The summed E-state index contributed by atoms with van der Waals surface area (Å²) >= 11 is 0. The Balaban J connectivity index is 0.000000921. The molecule has 0 atom stereocenters. The number of hydrogen-bond donors (Lipinski definition) is 1. The first-order chi connectivity index (χ1) is 7.29. The molecule has 0 amide bonds. The SMILES string of the molecule is CC.CC(C)C#CCCN1CCNCC1. The Morgan fingerprint density at radius 2 is 1.80 bits per heavy atom. The van der Waals surface area contributed by atoms with Crippen LogP contribution in [-0.2, 0) is 0 Å². The lowest BCUT2D eigenvalue weighted by Gasteiger charge is -2.26. The number of rotatable bonds is 2. The number of hydrogen-bond acceptors (Lipinski definition) is 2. The van der Waals surface area contributed by atoms with Gasteiger partial charge in [0.15, 0.2) is 0 Å². The first-order valence-electron chi connectivity index (χ1n) is 6.20. The predicted molar refractivity (Wildman–Crippen MR) is 67.9 cm³/mol. The highest BCUT2D eigenvalue weighted by molar-refractivity contribution is 5.01. The summed E-state index contributed by atoms with van der Waals surface area (Å²) in [5.74, 6) is 6.93. The third-order valence-corrected chi connectivity index (χ3v) is 2.15. The molecule has 0 aromatic heterocycles. The van der Waals surface area contributed by atoms with E-state index in [1.54, 1.807) is 0 Å². The Kier molecular flexibility index (Phi) is 9.67. The van der Waals surface area contributed by atoms with Gasteiger partial charge in [0.2, 0.25) is 0 Å². The number of nitrogens with zero attached hydrogens (tertiary/aromatic N) is 1. The molecular weight excluding hydrogens is 184 g/mol. The predicted octanol–water partition coefficient (Wildman–Crippen LogP) is 1.97. The average molecular weight is 210 g/mol. The fraction of sp³-hybridized carbons (Fsp3) is 0.846. The molecule has 0 unspecified atom stereocenters. The normalized spacial score (nSPS) is 16.3. The van der Waals surface area contributed by atoms with E-state index in [9.17, 15) is 0 Å². The van der Waals surface area contributed by atoms with Crippen molar-refractivity contribution in [1.29, 1.82) is 0 Å². The van der Waals surface area contributed by atoms with E-state index in [0.29, 0.717) is 5.92 Å². The van der Waals surface area contributed by atoms with Gasteiger partial charge in [-0.25, -0.2) is 0 Å². The summed E-state index contributed by atoms with van der Waals surface area (Å²) in [7, 11) is 0. The molecule has 1 aliphatic rings. The Morgan fingerprint density at radius 1 is 1.20 bits per heavy atom. The van der Waals surface area contributed by atoms with Crippen molar-refractivity contribution in [2.24, 2.45) is 5.92 Å². The quantitative estimate of drug-likeness (QED) is 0.701. The van der Waals surface area contributed by atoms with E-state index in [-0.39, 0.29) is 0 Å². The second-order valence-electron chi connectivity index (χ2n) is 3.82. The highest BCUT2D eigenvalue weighted by Gasteiger charge is 2.07. The maximum absolute atomic E-state index is 3.35. The molecule has 1 heterocycles. The molecule has 0 bridgehead atoms. The van der Waals surface area contributed by atoms with Gasteiger partial charge in [0.1, 0.15) is 0 Å². The summed E-state index contributed by atoms with van der Waals surface area (Å²) in [5, 5.41) is 3.35. The zero-order chi connectivity index (χ0) is 11.5. The molecule has 1 rings (SSSR count). The van der Waals surface area contributed by atoms with Crippen molar-refractivity contribution >= 4 is 0 Å². The fourth-order valence-corrected chi connectivity index (χ4v) is 1.43. The van der Waals surface area contributed by atoms with Crippen LogP contribution >= 0.6 is 0 Å². The minimum absolute atomic E-state index is 0.517. The maximum Gasteiger partial charge on any atom is 0.0217 e. The van der Waals surface area contributed by atoms with E-state index in [2.05, 4.69) is 35.9 Å². The Labute approximate surface area is 95.4 Å². The first kappa shape index (κ1) is 14.5. The van der Waals surface area contributed by atoms with Crippen LogP contribution in [0.2, 0.25) is 0 Å². The van der Waals surface area contributed by atoms with Crippen molar-refractivity contribution in [2.45, 2.75) is 34.1 Å². The van der Waals surface area contributed by atoms with Crippen LogP contribution < -0.4 is 5.32 Å². The van der Waals surface area contributed by atoms with Gasteiger partial charge in [-0.15, -0.1) is 11.8 Å². The van der Waals surface area contributed by atoms with E-state index < -0.39 is 0 Å². The maximum atomic E-state index is 3.35. The van der Waals surface area contributed by atoms with E-state index in [1.807, 2.05) is 13.8 Å². The van der Waals surface area contributed by atoms with Gasteiger partial charge in [0.05, 0.1) is 0 Å². The third-order valence-electron chi connectivity index (χ3n) is 2.15. The number of piperazine rings is 1. The van der Waals surface area contributed by atoms with E-state index >= 15 is 0 Å². The summed E-state index contributed by atoms with van der Waals surface area (Å²) in [6, 6.07) is 0. The second-order valence-corrected chi connectivity index (χ2v) is 3.82. The van der Waals surface area contributed by atoms with Crippen LogP contribution in [0.25, 0.3) is 0 Å². The summed E-state index contributed by atoms with van der Waals surface area (Å²) in [5.41, 5.74) is 0. The van der Waals surface area contributed by atoms with Crippen molar-refractivity contribution < 1.29 is 0 Å². The number of nitrogens with one attached hydrogen (secondary N) is 1. The average Bonchev–Trinajstić information content (AvgIpc) is 2.28. The zero-order valence-electron chi connectivity index (χ0n) is 10.8. The van der Waals surface area contributed by atoms with Crippen molar-refractivity contribution in [1.82, 2.24) is 10.2 Å². The van der Waals surface area contributed by atoms with Crippen molar-refractivity contribution in [3.63, 3.8) is 0 Å². The van der Waals surface area contributed by atoms with Crippen molar-refractivity contribution in [3.05, 3.63) is 0 Å². The van der Waals surface area contributed by atoms with Gasteiger partial charge in [0.25, 0.3) is 0 Å². The summed E-state index contributed by atoms with van der Waals surface area (Å²) in [6.07, 6.45) is 1.03. The molecule has 1 N–H and O–H groups in total. The smallest absolute Gasteiger partial charge is 0.0217 e. The van der Waals surface area contributed by atoms with Crippen molar-refractivity contribution in [2.75, 3.05) is 32.7 Å². The third kappa shape index (κ3) is 8.47.